The van der Waals surface area contributed by atoms with Crippen LogP contribution in [0.15, 0.2) is 11.1 Å². The van der Waals surface area contributed by atoms with E-state index in [0.29, 0.717) is 32.2 Å². The van der Waals surface area contributed by atoms with Gasteiger partial charge in [0.05, 0.1) is 5.92 Å². The molecule has 2 N–H and O–H groups in total. The number of halogens is 1. The van der Waals surface area contributed by atoms with Gasteiger partial charge in [-0.25, -0.2) is 0 Å². The molecule has 0 bridgehead atoms. The summed E-state index contributed by atoms with van der Waals surface area (Å²) in [5.41, 5.74) is 0. The highest BCUT2D eigenvalue weighted by atomic mass is 79.9. The number of aliphatic carboxylic acids is 1. The molecule has 1 fully saturated rings. The fourth-order valence-electron chi connectivity index (χ4n) is 1.93. The lowest BCUT2D eigenvalue weighted by Crippen LogP contribution is -2.34. The maximum Gasteiger partial charge on any atom is 0.306 e. The summed E-state index contributed by atoms with van der Waals surface area (Å²) in [6.45, 7) is 4.06. The van der Waals surface area contributed by atoms with E-state index in [1.807, 2.05) is 0 Å². The summed E-state index contributed by atoms with van der Waals surface area (Å²) in [5.74, 6) is -1.05. The van der Waals surface area contributed by atoms with Gasteiger partial charge in [-0.15, -0.1) is 0 Å². The van der Waals surface area contributed by atoms with Gasteiger partial charge in [-0.3, -0.25) is 9.59 Å². The van der Waals surface area contributed by atoms with Crippen molar-refractivity contribution in [1.29, 1.82) is 0 Å². The molecule has 0 aromatic rings. The lowest BCUT2D eigenvalue weighted by Gasteiger charge is -2.25. The van der Waals surface area contributed by atoms with Crippen molar-refractivity contribution in [3.63, 3.8) is 0 Å². The van der Waals surface area contributed by atoms with Crippen molar-refractivity contribution in [3.8, 4) is 0 Å². The molecule has 4 nitrogen and oxygen atoms in total. The Balaban J connectivity index is 2.33. The molecule has 0 atom stereocenters. The molecule has 0 saturated heterocycles. The molecule has 5 heteroatoms. The molecule has 1 amide bonds. The first-order chi connectivity index (χ1) is 7.50. The van der Waals surface area contributed by atoms with E-state index in [4.69, 9.17) is 5.11 Å². The standard InChI is InChI=1S/C11H16BrNO3/c1-7(12)6-13-10(14)8-2-4-9(5-3-8)11(15)16/h8-9H,1-6H2,(H,13,14)(H,15,16). The molecule has 1 aliphatic carbocycles. The molecule has 0 aromatic heterocycles. The molecule has 0 unspecified atom stereocenters. The molecular formula is C11H16BrNO3. The number of carboxylic acid groups (broad SMARTS) is 1. The van der Waals surface area contributed by atoms with Crippen LogP contribution in [0, 0.1) is 11.8 Å². The van der Waals surface area contributed by atoms with Crippen molar-refractivity contribution in [3.05, 3.63) is 11.1 Å². The topological polar surface area (TPSA) is 66.4 Å². The van der Waals surface area contributed by atoms with E-state index in [-0.39, 0.29) is 17.7 Å². The van der Waals surface area contributed by atoms with Crippen molar-refractivity contribution in [1.82, 2.24) is 5.32 Å². The van der Waals surface area contributed by atoms with E-state index < -0.39 is 5.97 Å². The van der Waals surface area contributed by atoms with E-state index >= 15 is 0 Å². The Hall–Kier alpha value is -0.840. The van der Waals surface area contributed by atoms with Crippen LogP contribution in [0.4, 0.5) is 0 Å². The third-order valence-electron chi connectivity index (χ3n) is 2.90. The number of carboxylic acids is 1. The smallest absolute Gasteiger partial charge is 0.306 e. The highest BCUT2D eigenvalue weighted by molar-refractivity contribution is 9.11. The highest BCUT2D eigenvalue weighted by Crippen LogP contribution is 2.28. The summed E-state index contributed by atoms with van der Waals surface area (Å²) in [6.07, 6.45) is 2.53. The Morgan fingerprint density at radius 3 is 2.19 bits per heavy atom. The fourth-order valence-corrected chi connectivity index (χ4v) is 2.07. The number of hydrogen-bond donors (Lipinski definition) is 2. The van der Waals surface area contributed by atoms with E-state index in [0.717, 1.165) is 4.48 Å². The Morgan fingerprint density at radius 2 is 1.75 bits per heavy atom. The Bertz CT molecular complexity index is 296. The minimum absolute atomic E-state index is 0.00411. The number of carbonyl (C=O) groups is 2. The fraction of sp³-hybridized carbons (Fsp3) is 0.636. The maximum atomic E-state index is 11.7. The van der Waals surface area contributed by atoms with Crippen molar-refractivity contribution < 1.29 is 14.7 Å². The van der Waals surface area contributed by atoms with Crippen LogP contribution >= 0.6 is 15.9 Å². The predicted molar refractivity (Wildman–Crippen MR) is 64.2 cm³/mol. The van der Waals surface area contributed by atoms with Crippen LogP contribution in [0.2, 0.25) is 0 Å². The highest BCUT2D eigenvalue weighted by Gasteiger charge is 2.29. The average molecular weight is 290 g/mol. The monoisotopic (exact) mass is 289 g/mol. The summed E-state index contributed by atoms with van der Waals surface area (Å²) in [7, 11) is 0. The van der Waals surface area contributed by atoms with Crippen LogP contribution in [0.1, 0.15) is 25.7 Å². The van der Waals surface area contributed by atoms with Gasteiger partial charge in [0.2, 0.25) is 5.91 Å². The second-order valence-corrected chi connectivity index (χ2v) is 5.24. The number of nitrogens with one attached hydrogen (secondary N) is 1. The van der Waals surface area contributed by atoms with Gasteiger partial charge >= 0.3 is 5.97 Å². The molecule has 0 radical (unpaired) electrons. The molecule has 0 spiro atoms. The van der Waals surface area contributed by atoms with Gasteiger partial charge in [0.1, 0.15) is 0 Å². The minimum Gasteiger partial charge on any atom is -0.481 e. The van der Waals surface area contributed by atoms with Crippen LogP contribution in [-0.4, -0.2) is 23.5 Å². The first kappa shape index (κ1) is 13.2. The molecule has 1 rings (SSSR count). The average Bonchev–Trinajstić information content (AvgIpc) is 2.26. The summed E-state index contributed by atoms with van der Waals surface area (Å²) in [4.78, 5) is 22.4. The number of rotatable bonds is 4. The van der Waals surface area contributed by atoms with Crippen LogP contribution in [0.25, 0.3) is 0 Å². The van der Waals surface area contributed by atoms with Crippen LogP contribution in [0.5, 0.6) is 0 Å². The number of amides is 1. The van der Waals surface area contributed by atoms with Gasteiger partial charge in [-0.05, 0) is 25.7 Å². The van der Waals surface area contributed by atoms with E-state index in [1.165, 1.54) is 0 Å². The predicted octanol–water partition coefficient (Wildman–Crippen LogP) is 1.90. The van der Waals surface area contributed by atoms with Gasteiger partial charge in [0, 0.05) is 16.9 Å². The first-order valence-electron chi connectivity index (χ1n) is 5.34. The zero-order valence-electron chi connectivity index (χ0n) is 9.04. The van der Waals surface area contributed by atoms with Gasteiger partial charge < -0.3 is 10.4 Å². The normalized spacial score (nSPS) is 24.8. The molecule has 1 aliphatic rings. The Kier molecular flexibility index (Phi) is 4.99. The van der Waals surface area contributed by atoms with Gasteiger partial charge in [-0.2, -0.15) is 0 Å². The Morgan fingerprint density at radius 1 is 1.25 bits per heavy atom. The van der Waals surface area contributed by atoms with E-state index in [1.54, 1.807) is 0 Å². The van der Waals surface area contributed by atoms with Gasteiger partial charge in [-0.1, -0.05) is 22.5 Å². The summed E-state index contributed by atoms with van der Waals surface area (Å²) < 4.78 is 0.736. The third-order valence-corrected chi connectivity index (χ3v) is 3.18. The number of hydrogen-bond acceptors (Lipinski definition) is 2. The number of carbonyl (C=O) groups excluding carboxylic acids is 1. The largest absolute Gasteiger partial charge is 0.481 e. The maximum absolute atomic E-state index is 11.7. The lowest BCUT2D eigenvalue weighted by atomic mass is 9.81. The molecule has 16 heavy (non-hydrogen) atoms. The van der Waals surface area contributed by atoms with Crippen molar-refractivity contribution >= 4 is 27.8 Å². The van der Waals surface area contributed by atoms with E-state index in [2.05, 4.69) is 27.8 Å². The minimum atomic E-state index is -0.743. The lowest BCUT2D eigenvalue weighted by molar-refractivity contribution is -0.144. The van der Waals surface area contributed by atoms with Crippen LogP contribution in [0.3, 0.4) is 0 Å². The van der Waals surface area contributed by atoms with Gasteiger partial charge in [0.15, 0.2) is 0 Å². The summed E-state index contributed by atoms with van der Waals surface area (Å²) in [6, 6.07) is 0. The van der Waals surface area contributed by atoms with Gasteiger partial charge in [0.25, 0.3) is 0 Å². The third kappa shape index (κ3) is 3.96. The van der Waals surface area contributed by atoms with Crippen molar-refractivity contribution in [2.24, 2.45) is 11.8 Å². The molecule has 0 aliphatic heterocycles. The summed E-state index contributed by atoms with van der Waals surface area (Å²) in [5, 5.41) is 11.6. The van der Waals surface area contributed by atoms with E-state index in [9.17, 15) is 9.59 Å². The van der Waals surface area contributed by atoms with Crippen LogP contribution < -0.4 is 5.32 Å². The second kappa shape index (κ2) is 6.03. The SMILES string of the molecule is C=C(Br)CNC(=O)C1CCC(C(=O)O)CC1. The molecule has 1 saturated carbocycles. The van der Waals surface area contributed by atoms with Crippen LogP contribution in [-0.2, 0) is 9.59 Å². The zero-order valence-corrected chi connectivity index (χ0v) is 10.6. The van der Waals surface area contributed by atoms with Crippen molar-refractivity contribution in [2.45, 2.75) is 25.7 Å². The second-order valence-electron chi connectivity index (χ2n) is 4.12. The Labute approximate surface area is 103 Å². The molecule has 0 heterocycles. The first-order valence-corrected chi connectivity index (χ1v) is 6.13. The van der Waals surface area contributed by atoms with Crippen molar-refractivity contribution in [2.75, 3.05) is 6.54 Å². The molecular weight excluding hydrogens is 274 g/mol. The quantitative estimate of drug-likeness (QED) is 0.831. The zero-order chi connectivity index (χ0) is 12.1. The molecule has 90 valence electrons. The summed E-state index contributed by atoms with van der Waals surface area (Å²) >= 11 is 3.17. The molecule has 0 aromatic carbocycles.